The van der Waals surface area contributed by atoms with E-state index in [-0.39, 0.29) is 42.6 Å². The van der Waals surface area contributed by atoms with Crippen molar-refractivity contribution in [3.63, 3.8) is 0 Å². The van der Waals surface area contributed by atoms with Gasteiger partial charge in [-0.15, -0.1) is 11.3 Å². The first-order chi connectivity index (χ1) is 28.2. The third-order valence-electron chi connectivity index (χ3n) is 11.4. The number of nitrogens with zero attached hydrogens (tertiary/aromatic N) is 4. The molecule has 0 unspecified atom stereocenters. The number of unbranched alkanes of at least 4 members (excludes halogenated alkanes) is 4. The summed E-state index contributed by atoms with van der Waals surface area (Å²) in [7, 11) is 0. The smallest absolute Gasteiger partial charge is 0.265 e. The largest absolute Gasteiger partial charge is 0.391 e. The van der Waals surface area contributed by atoms with E-state index in [9.17, 15) is 24.3 Å². The maximum absolute atomic E-state index is 14.1. The molecule has 1 aromatic heterocycles. The minimum atomic E-state index is -0.838. The van der Waals surface area contributed by atoms with Crippen molar-refractivity contribution in [3.8, 4) is 10.4 Å². The highest BCUT2D eigenvalue weighted by atomic mass is 32.1. The summed E-state index contributed by atoms with van der Waals surface area (Å²) in [6.07, 6.45) is 5.51. The fourth-order valence-corrected chi connectivity index (χ4v) is 8.60. The highest BCUT2D eigenvalue weighted by Crippen LogP contribution is 2.30. The lowest BCUT2D eigenvalue weighted by Gasteiger charge is -2.36. The summed E-state index contributed by atoms with van der Waals surface area (Å²) in [6, 6.07) is 13.8. The number of hydrogen-bond donors (Lipinski definition) is 5. The van der Waals surface area contributed by atoms with E-state index in [0.29, 0.717) is 12.0 Å². The van der Waals surface area contributed by atoms with E-state index in [2.05, 4.69) is 43.2 Å². The molecule has 2 aliphatic rings. The zero-order chi connectivity index (χ0) is 42.5. The minimum absolute atomic E-state index is 0.0406. The molecule has 2 saturated heterocycles. The summed E-state index contributed by atoms with van der Waals surface area (Å²) in [5.74, 6) is -0.970. The number of nitrogens with one attached hydrogen (secondary N) is 4. The number of hydrazine groups is 1. The fourth-order valence-electron chi connectivity index (χ4n) is 7.79. The summed E-state index contributed by atoms with van der Waals surface area (Å²) in [6.45, 7) is 17.4. The van der Waals surface area contributed by atoms with E-state index < -0.39 is 23.6 Å². The molecule has 0 spiro atoms. The number of amides is 4. The zero-order valence-corrected chi connectivity index (χ0v) is 36.7. The number of carbonyl (C=O) groups excluding carboxylic acids is 4. The van der Waals surface area contributed by atoms with Crippen molar-refractivity contribution >= 4 is 40.7 Å². The van der Waals surface area contributed by atoms with Crippen LogP contribution in [0.5, 0.6) is 0 Å². The number of thiazole rings is 1. The lowest BCUT2D eigenvalue weighted by Crippen LogP contribution is -2.57. The van der Waals surface area contributed by atoms with Gasteiger partial charge in [0.05, 0.1) is 28.2 Å². The molecule has 3 heterocycles. The van der Waals surface area contributed by atoms with Gasteiger partial charge >= 0.3 is 0 Å². The number of hydrogen-bond acceptors (Lipinski definition) is 10. The molecule has 2 aromatic carbocycles. The first kappa shape index (κ1) is 45.7. The molecule has 0 bridgehead atoms. The summed E-state index contributed by atoms with van der Waals surface area (Å²) >= 11 is 1.59. The molecule has 4 atom stereocenters. The van der Waals surface area contributed by atoms with Crippen LogP contribution >= 0.6 is 11.3 Å². The molecule has 0 radical (unpaired) electrons. The Balaban J connectivity index is 0.997. The normalized spacial score (nSPS) is 18.4. The molecule has 4 amide bonds. The van der Waals surface area contributed by atoms with Gasteiger partial charge in [0, 0.05) is 63.4 Å². The van der Waals surface area contributed by atoms with Gasteiger partial charge in [-0.05, 0) is 80.5 Å². The van der Waals surface area contributed by atoms with Crippen molar-refractivity contribution < 1.29 is 24.3 Å². The van der Waals surface area contributed by atoms with Crippen LogP contribution in [0.1, 0.15) is 114 Å². The molecule has 14 heteroatoms. The lowest BCUT2D eigenvalue weighted by atomic mass is 9.85. The number of β-amino-alcohol motifs (C(OH)–C–C–N with tert-alkyl or cyclic N) is 1. The van der Waals surface area contributed by atoms with Crippen LogP contribution in [0.15, 0.2) is 54.0 Å². The highest BCUT2D eigenvalue weighted by Gasteiger charge is 2.44. The second-order valence-corrected chi connectivity index (χ2v) is 18.0. The topological polar surface area (TPSA) is 159 Å². The third-order valence-corrected chi connectivity index (χ3v) is 12.4. The van der Waals surface area contributed by atoms with Crippen LogP contribution in [0.2, 0.25) is 0 Å². The molecular formula is C45H66N8O5S. The lowest BCUT2D eigenvalue weighted by molar-refractivity contribution is -0.144. The molecule has 0 saturated carbocycles. The molecule has 13 nitrogen and oxygen atoms in total. The fraction of sp³-hybridized carbons (Fsp3) is 0.578. The van der Waals surface area contributed by atoms with Gasteiger partial charge in [-0.3, -0.25) is 29.5 Å². The van der Waals surface area contributed by atoms with Crippen molar-refractivity contribution in [2.45, 2.75) is 117 Å². The molecule has 59 heavy (non-hydrogen) atoms. The van der Waals surface area contributed by atoms with Crippen LogP contribution in [0, 0.1) is 12.3 Å². The van der Waals surface area contributed by atoms with Gasteiger partial charge < -0.3 is 25.5 Å². The average molecular weight is 831 g/mol. The van der Waals surface area contributed by atoms with Crippen LogP contribution in [-0.2, 0) is 14.4 Å². The van der Waals surface area contributed by atoms with Crippen LogP contribution in [0.25, 0.3) is 10.4 Å². The monoisotopic (exact) mass is 830 g/mol. The predicted molar refractivity (Wildman–Crippen MR) is 235 cm³/mol. The Bertz CT molecular complexity index is 1820. The zero-order valence-electron chi connectivity index (χ0n) is 35.9. The Morgan fingerprint density at radius 2 is 1.59 bits per heavy atom. The minimum Gasteiger partial charge on any atom is -0.391 e. The highest BCUT2D eigenvalue weighted by molar-refractivity contribution is 7.13. The Morgan fingerprint density at radius 3 is 2.24 bits per heavy atom. The SMILES string of the molecule is CCCNNC(=O)c1ccc(N2CCN(CCCCCCCC(=O)N[C@H](C(=O)N3C[C@H](O)C[C@H]3C(=O)N[C@@H](C)c3ccc(-c4scnc4C)cc3)C(C)(C)C)CC2)cc1. The first-order valence-electron chi connectivity index (χ1n) is 21.4. The van der Waals surface area contributed by atoms with Crippen molar-refractivity contribution in [1.29, 1.82) is 0 Å². The third kappa shape index (κ3) is 13.1. The van der Waals surface area contributed by atoms with E-state index >= 15 is 0 Å². The number of aliphatic hydroxyl groups is 1. The van der Waals surface area contributed by atoms with E-state index in [1.54, 1.807) is 11.3 Å². The number of benzene rings is 2. The average Bonchev–Trinajstić information content (AvgIpc) is 3.84. The van der Waals surface area contributed by atoms with Crippen molar-refractivity contribution in [1.82, 2.24) is 36.3 Å². The van der Waals surface area contributed by atoms with E-state index in [1.165, 1.54) is 4.90 Å². The van der Waals surface area contributed by atoms with E-state index in [1.807, 2.05) is 88.7 Å². The van der Waals surface area contributed by atoms with Gasteiger partial charge in [0.15, 0.2) is 0 Å². The molecule has 322 valence electrons. The van der Waals surface area contributed by atoms with Crippen LogP contribution in [0.4, 0.5) is 5.69 Å². The molecule has 2 aliphatic heterocycles. The maximum atomic E-state index is 14.1. The maximum Gasteiger partial charge on any atom is 0.265 e. The molecule has 3 aromatic rings. The van der Waals surface area contributed by atoms with Crippen molar-refractivity contribution in [3.05, 3.63) is 70.9 Å². The quantitative estimate of drug-likeness (QED) is 0.0767. The summed E-state index contributed by atoms with van der Waals surface area (Å²) < 4.78 is 0. The summed E-state index contributed by atoms with van der Waals surface area (Å²) in [4.78, 5) is 64.9. The standard InChI is InChI=1S/C45H66N8O5S/c1-7-22-47-50-42(56)35-18-20-36(21-19-35)52-26-24-51(25-27-52)23-12-10-8-9-11-13-39(55)49-41(45(4,5)6)44(58)53-29-37(54)28-38(53)43(57)48-31(2)33-14-16-34(17-15-33)40-32(3)46-30-59-40/h14-21,30-31,37-38,41,47,54H,7-13,22-29H2,1-6H3,(H,48,57)(H,49,55)(H,50,56)/t31-,37+,38-,41+/m0/s1. The van der Waals surface area contributed by atoms with Gasteiger partial charge in [-0.25, -0.2) is 10.4 Å². The number of anilines is 1. The summed E-state index contributed by atoms with van der Waals surface area (Å²) in [5, 5.41) is 16.7. The Hall–Kier alpha value is -4.37. The Morgan fingerprint density at radius 1 is 0.915 bits per heavy atom. The Labute approximate surface area is 354 Å². The van der Waals surface area contributed by atoms with E-state index in [4.69, 9.17) is 0 Å². The van der Waals surface area contributed by atoms with Crippen molar-refractivity contribution in [2.24, 2.45) is 5.41 Å². The van der Waals surface area contributed by atoms with Gasteiger partial charge in [-0.2, -0.15) is 0 Å². The van der Waals surface area contributed by atoms with Crippen LogP contribution in [0.3, 0.4) is 0 Å². The number of aryl methyl sites for hydroxylation is 1. The van der Waals surface area contributed by atoms with Gasteiger partial charge in [-0.1, -0.05) is 71.2 Å². The Kier molecular flexibility index (Phi) is 16.9. The molecule has 0 aliphatic carbocycles. The molecule has 5 rings (SSSR count). The number of aromatic nitrogens is 1. The molecule has 2 fully saturated rings. The van der Waals surface area contributed by atoms with Crippen LogP contribution < -0.4 is 26.4 Å². The molecular weight excluding hydrogens is 765 g/mol. The second kappa shape index (κ2) is 21.8. The predicted octanol–water partition coefficient (Wildman–Crippen LogP) is 5.60. The second-order valence-electron chi connectivity index (χ2n) is 17.2. The number of carbonyl (C=O) groups is 4. The first-order valence-corrected chi connectivity index (χ1v) is 22.3. The molecule has 5 N–H and O–H groups in total. The number of rotatable bonds is 19. The summed E-state index contributed by atoms with van der Waals surface area (Å²) in [5.41, 5.74) is 11.6. The van der Waals surface area contributed by atoms with Gasteiger partial charge in [0.1, 0.15) is 12.1 Å². The van der Waals surface area contributed by atoms with Crippen LogP contribution in [-0.4, -0.2) is 108 Å². The van der Waals surface area contributed by atoms with Gasteiger partial charge in [0.25, 0.3) is 5.91 Å². The van der Waals surface area contributed by atoms with Gasteiger partial charge in [0.2, 0.25) is 17.7 Å². The number of piperazine rings is 1. The number of aliphatic hydroxyl groups excluding tert-OH is 1. The number of likely N-dealkylation sites (tertiary alicyclic amines) is 1. The van der Waals surface area contributed by atoms with Crippen molar-refractivity contribution in [2.75, 3.05) is 50.7 Å². The van der Waals surface area contributed by atoms with E-state index in [0.717, 1.165) is 105 Å².